The Bertz CT molecular complexity index is 573. The van der Waals surface area contributed by atoms with Crippen LogP contribution in [0.3, 0.4) is 0 Å². The molecular weight excluding hydrogens is 370 g/mol. The van der Waals surface area contributed by atoms with Crippen molar-refractivity contribution in [1.82, 2.24) is 0 Å². The highest BCUT2D eigenvalue weighted by Crippen LogP contribution is 2.22. The highest BCUT2D eigenvalue weighted by atomic mass is 79.9. The molecule has 0 amide bonds. The lowest BCUT2D eigenvalue weighted by atomic mass is 10.0. The fourth-order valence-corrected chi connectivity index (χ4v) is 2.21. The zero-order valence-corrected chi connectivity index (χ0v) is 12.1. The lowest BCUT2D eigenvalue weighted by Gasteiger charge is -2.05. The predicted molar refractivity (Wildman–Crippen MR) is 71.6 cm³/mol. The summed E-state index contributed by atoms with van der Waals surface area (Å²) >= 11 is 6.30. The van der Waals surface area contributed by atoms with Gasteiger partial charge in [0.05, 0.1) is 11.1 Å². The van der Waals surface area contributed by atoms with Crippen LogP contribution in [0.15, 0.2) is 45.3 Å². The van der Waals surface area contributed by atoms with Crippen LogP contribution in [-0.4, -0.2) is 5.78 Å². The predicted octanol–water partition coefficient (Wildman–Crippen LogP) is 4.72. The van der Waals surface area contributed by atoms with Crippen molar-refractivity contribution >= 4 is 37.6 Å². The summed E-state index contributed by atoms with van der Waals surface area (Å²) < 4.78 is 28.2. The Morgan fingerprint density at radius 2 is 1.22 bits per heavy atom. The van der Waals surface area contributed by atoms with Crippen LogP contribution in [0.2, 0.25) is 0 Å². The first-order valence-corrected chi connectivity index (χ1v) is 6.52. The number of hydrogen-bond donors (Lipinski definition) is 0. The Morgan fingerprint density at radius 3 is 1.61 bits per heavy atom. The average molecular weight is 376 g/mol. The van der Waals surface area contributed by atoms with Crippen molar-refractivity contribution in [1.29, 1.82) is 0 Å². The van der Waals surface area contributed by atoms with Gasteiger partial charge in [-0.25, -0.2) is 8.78 Å². The van der Waals surface area contributed by atoms with Crippen molar-refractivity contribution in [2.45, 2.75) is 0 Å². The summed E-state index contributed by atoms with van der Waals surface area (Å²) in [7, 11) is 0. The summed E-state index contributed by atoms with van der Waals surface area (Å²) in [5.41, 5.74) is -0.331. The first-order chi connectivity index (χ1) is 8.49. The van der Waals surface area contributed by atoms with Gasteiger partial charge in [-0.1, -0.05) is 31.9 Å². The Kier molecular flexibility index (Phi) is 3.92. The minimum Gasteiger partial charge on any atom is -0.288 e. The molecule has 92 valence electrons. The molecule has 2 aromatic rings. The van der Waals surface area contributed by atoms with Crippen LogP contribution in [0.1, 0.15) is 15.9 Å². The summed E-state index contributed by atoms with van der Waals surface area (Å²) in [6.07, 6.45) is 0. The van der Waals surface area contributed by atoms with Crippen molar-refractivity contribution in [3.05, 3.63) is 68.1 Å². The molecule has 0 aromatic heterocycles. The Morgan fingerprint density at radius 1 is 0.833 bits per heavy atom. The van der Waals surface area contributed by atoms with Crippen LogP contribution in [-0.2, 0) is 0 Å². The second-order valence-electron chi connectivity index (χ2n) is 3.58. The molecule has 0 heterocycles. The van der Waals surface area contributed by atoms with E-state index in [0.29, 0.717) is 8.95 Å². The fraction of sp³-hybridized carbons (Fsp3) is 0. The molecule has 0 radical (unpaired) electrons. The molecule has 0 spiro atoms. The van der Waals surface area contributed by atoms with Gasteiger partial charge in [0, 0.05) is 8.95 Å². The van der Waals surface area contributed by atoms with Gasteiger partial charge in [0.1, 0.15) is 11.6 Å². The normalized spacial score (nSPS) is 10.4. The van der Waals surface area contributed by atoms with Gasteiger partial charge in [0.25, 0.3) is 0 Å². The maximum absolute atomic E-state index is 13.6. The lowest BCUT2D eigenvalue weighted by Crippen LogP contribution is -2.06. The van der Waals surface area contributed by atoms with E-state index < -0.39 is 17.4 Å². The van der Waals surface area contributed by atoms with E-state index in [9.17, 15) is 13.6 Å². The molecule has 0 saturated carbocycles. The maximum atomic E-state index is 13.6. The van der Waals surface area contributed by atoms with Crippen molar-refractivity contribution in [3.63, 3.8) is 0 Å². The second-order valence-corrected chi connectivity index (χ2v) is 5.41. The number of hydrogen-bond acceptors (Lipinski definition) is 1. The first kappa shape index (κ1) is 13.4. The summed E-state index contributed by atoms with van der Waals surface area (Å²) in [5, 5.41) is 0. The van der Waals surface area contributed by atoms with E-state index in [1.165, 1.54) is 24.3 Å². The minimum atomic E-state index is -0.687. The number of carbonyl (C=O) groups is 1. The van der Waals surface area contributed by atoms with Crippen LogP contribution < -0.4 is 0 Å². The zero-order valence-electron chi connectivity index (χ0n) is 8.88. The van der Waals surface area contributed by atoms with Crippen LogP contribution in [0.25, 0.3) is 0 Å². The topological polar surface area (TPSA) is 17.1 Å². The van der Waals surface area contributed by atoms with Gasteiger partial charge < -0.3 is 0 Å². The van der Waals surface area contributed by atoms with Gasteiger partial charge in [-0.3, -0.25) is 4.79 Å². The van der Waals surface area contributed by atoms with Crippen LogP contribution >= 0.6 is 31.9 Å². The van der Waals surface area contributed by atoms with E-state index in [2.05, 4.69) is 31.9 Å². The van der Waals surface area contributed by atoms with Crippen molar-refractivity contribution in [3.8, 4) is 0 Å². The molecular formula is C13H6Br2F2O. The molecule has 5 heteroatoms. The summed E-state index contributed by atoms with van der Waals surface area (Å²) in [6.45, 7) is 0. The molecule has 2 aromatic carbocycles. The van der Waals surface area contributed by atoms with Gasteiger partial charge in [0.15, 0.2) is 5.78 Å². The number of halogens is 4. The largest absolute Gasteiger partial charge is 0.288 e. The van der Waals surface area contributed by atoms with Gasteiger partial charge in [-0.2, -0.15) is 0 Å². The Hall–Kier alpha value is -1.07. The van der Waals surface area contributed by atoms with Gasteiger partial charge in [-0.15, -0.1) is 0 Å². The number of carbonyl (C=O) groups excluding carboxylic acids is 1. The van der Waals surface area contributed by atoms with Crippen LogP contribution in [0.4, 0.5) is 8.78 Å². The molecule has 0 aliphatic rings. The number of rotatable bonds is 2. The van der Waals surface area contributed by atoms with Crippen molar-refractivity contribution < 1.29 is 13.6 Å². The third-order valence-electron chi connectivity index (χ3n) is 2.35. The van der Waals surface area contributed by atoms with Crippen LogP contribution in [0.5, 0.6) is 0 Å². The SMILES string of the molecule is O=C(c1cc(Br)ccc1F)c1cc(Br)ccc1F. The molecule has 2 rings (SSSR count). The van der Waals surface area contributed by atoms with Crippen LogP contribution in [0, 0.1) is 11.6 Å². The minimum absolute atomic E-state index is 0.165. The highest BCUT2D eigenvalue weighted by molar-refractivity contribution is 9.10. The van der Waals surface area contributed by atoms with Gasteiger partial charge in [-0.05, 0) is 36.4 Å². The molecule has 0 atom stereocenters. The van der Waals surface area contributed by atoms with E-state index >= 15 is 0 Å². The van der Waals surface area contributed by atoms with E-state index in [-0.39, 0.29) is 11.1 Å². The second kappa shape index (κ2) is 5.28. The first-order valence-electron chi connectivity index (χ1n) is 4.94. The standard InChI is InChI=1S/C13H6Br2F2O/c14-7-1-3-11(16)9(5-7)13(18)10-6-8(15)2-4-12(10)17/h1-6H. The molecule has 0 saturated heterocycles. The molecule has 0 N–H and O–H groups in total. The van der Waals surface area contributed by atoms with Gasteiger partial charge in [0.2, 0.25) is 0 Å². The lowest BCUT2D eigenvalue weighted by molar-refractivity contribution is 0.103. The van der Waals surface area contributed by atoms with E-state index in [1.54, 1.807) is 0 Å². The number of ketones is 1. The summed E-state index contributed by atoms with van der Waals surface area (Å²) in [4.78, 5) is 12.1. The quantitative estimate of drug-likeness (QED) is 0.694. The highest BCUT2D eigenvalue weighted by Gasteiger charge is 2.18. The van der Waals surface area contributed by atoms with E-state index in [4.69, 9.17) is 0 Å². The van der Waals surface area contributed by atoms with Gasteiger partial charge >= 0.3 is 0 Å². The van der Waals surface area contributed by atoms with Crippen molar-refractivity contribution in [2.75, 3.05) is 0 Å². The molecule has 0 unspecified atom stereocenters. The average Bonchev–Trinajstić information content (AvgIpc) is 2.34. The van der Waals surface area contributed by atoms with E-state index in [1.807, 2.05) is 0 Å². The van der Waals surface area contributed by atoms with E-state index in [0.717, 1.165) is 12.1 Å². The molecule has 18 heavy (non-hydrogen) atoms. The number of benzene rings is 2. The van der Waals surface area contributed by atoms with Crippen molar-refractivity contribution in [2.24, 2.45) is 0 Å². The Labute approximate surface area is 119 Å². The summed E-state index contributed by atoms with van der Waals surface area (Å²) in [6, 6.07) is 7.93. The Balaban J connectivity index is 2.54. The molecule has 0 bridgehead atoms. The maximum Gasteiger partial charge on any atom is 0.198 e. The third-order valence-corrected chi connectivity index (χ3v) is 3.33. The monoisotopic (exact) mass is 374 g/mol. The fourth-order valence-electron chi connectivity index (χ4n) is 1.49. The zero-order chi connectivity index (χ0) is 13.3. The smallest absolute Gasteiger partial charge is 0.198 e. The molecule has 0 aliphatic heterocycles. The summed E-state index contributed by atoms with van der Waals surface area (Å²) in [5.74, 6) is -2.04. The molecule has 0 aliphatic carbocycles. The molecule has 1 nitrogen and oxygen atoms in total. The third kappa shape index (κ3) is 2.67. The molecule has 0 fully saturated rings.